The standard InChI is InChI=1S/C65H116O6/c1-4-7-10-13-16-18-20-22-23-24-25-26-27-28-29-30-31-32-33-34-35-36-37-38-39-40-41-43-44-46-49-52-55-58-64(67)70-61-62(60-69-63(66)57-54-51-48-15-12-9-6-3)71-65(68)59-56-53-50-47-45-42-21-19-17-14-11-8-5-2/h7,10,16,18,22-23,25-26,28-29,62H,4-6,8-9,11-15,17,19-21,24,27,30-61H2,1-3H3/b10-7-,18-16-,23-22-,26-25-,29-28-. The largest absolute Gasteiger partial charge is 0.462 e. The average molecular weight is 994 g/mol. The van der Waals surface area contributed by atoms with Crippen LogP contribution in [0.3, 0.4) is 0 Å². The lowest BCUT2D eigenvalue weighted by Gasteiger charge is -2.18. The van der Waals surface area contributed by atoms with Crippen molar-refractivity contribution < 1.29 is 28.6 Å². The molecule has 0 aromatic carbocycles. The molecule has 6 heteroatoms. The van der Waals surface area contributed by atoms with Crippen molar-refractivity contribution >= 4 is 17.9 Å². The molecule has 0 fully saturated rings. The Hall–Kier alpha value is -2.89. The van der Waals surface area contributed by atoms with Gasteiger partial charge in [-0.3, -0.25) is 14.4 Å². The van der Waals surface area contributed by atoms with Gasteiger partial charge in [-0.15, -0.1) is 0 Å². The maximum absolute atomic E-state index is 12.8. The van der Waals surface area contributed by atoms with Gasteiger partial charge in [-0.2, -0.15) is 0 Å². The first-order valence-corrected chi connectivity index (χ1v) is 30.8. The Bertz CT molecular complexity index is 1280. The molecular weight excluding hydrogens is 877 g/mol. The summed E-state index contributed by atoms with van der Waals surface area (Å²) in [6.07, 6.45) is 75.5. The predicted octanol–water partition coefficient (Wildman–Crippen LogP) is 20.8. The van der Waals surface area contributed by atoms with Gasteiger partial charge in [0.1, 0.15) is 13.2 Å². The van der Waals surface area contributed by atoms with Crippen LogP contribution in [0.25, 0.3) is 0 Å². The molecule has 412 valence electrons. The van der Waals surface area contributed by atoms with Crippen LogP contribution in [0.1, 0.15) is 316 Å². The molecular formula is C65H116O6. The average Bonchev–Trinajstić information content (AvgIpc) is 3.37. The molecule has 0 rings (SSSR count). The van der Waals surface area contributed by atoms with Crippen molar-refractivity contribution in [3.8, 4) is 0 Å². The Morgan fingerprint density at radius 2 is 0.549 bits per heavy atom. The van der Waals surface area contributed by atoms with Crippen molar-refractivity contribution in [3.05, 3.63) is 60.8 Å². The van der Waals surface area contributed by atoms with Gasteiger partial charge in [0, 0.05) is 19.3 Å². The predicted molar refractivity (Wildman–Crippen MR) is 307 cm³/mol. The number of ether oxygens (including phenoxy) is 3. The molecule has 0 aliphatic rings. The number of carbonyl (C=O) groups excluding carboxylic acids is 3. The van der Waals surface area contributed by atoms with E-state index in [4.69, 9.17) is 14.2 Å². The molecule has 0 amide bonds. The summed E-state index contributed by atoms with van der Waals surface area (Å²) in [5.41, 5.74) is 0. The van der Waals surface area contributed by atoms with Gasteiger partial charge in [0.25, 0.3) is 0 Å². The van der Waals surface area contributed by atoms with Crippen LogP contribution in [0.5, 0.6) is 0 Å². The SMILES string of the molecule is CC/C=C\C/C=C\C/C=C\C/C=C\C/C=C\CCCCCCCCCCCCCCCCCCCC(=O)OCC(COC(=O)CCCCCCCCC)OC(=O)CCCCCCCCCCCCCCC. The number of esters is 3. The van der Waals surface area contributed by atoms with Gasteiger partial charge < -0.3 is 14.2 Å². The summed E-state index contributed by atoms with van der Waals surface area (Å²) in [7, 11) is 0. The first-order chi connectivity index (χ1) is 35.0. The number of unbranched alkanes of at least 4 members (excludes halogenated alkanes) is 35. The number of carbonyl (C=O) groups is 3. The molecule has 0 N–H and O–H groups in total. The molecule has 71 heavy (non-hydrogen) atoms. The van der Waals surface area contributed by atoms with E-state index in [1.165, 1.54) is 186 Å². The Balaban J connectivity index is 3.97. The zero-order valence-corrected chi connectivity index (χ0v) is 47.2. The lowest BCUT2D eigenvalue weighted by Crippen LogP contribution is -2.30. The Morgan fingerprint density at radius 3 is 0.859 bits per heavy atom. The molecule has 0 saturated carbocycles. The van der Waals surface area contributed by atoms with E-state index >= 15 is 0 Å². The van der Waals surface area contributed by atoms with Crippen LogP contribution in [0.2, 0.25) is 0 Å². The minimum Gasteiger partial charge on any atom is -0.462 e. The lowest BCUT2D eigenvalue weighted by molar-refractivity contribution is -0.167. The van der Waals surface area contributed by atoms with Crippen molar-refractivity contribution in [3.63, 3.8) is 0 Å². The highest BCUT2D eigenvalue weighted by Gasteiger charge is 2.19. The Kier molecular flexibility index (Phi) is 57.2. The summed E-state index contributed by atoms with van der Waals surface area (Å²) >= 11 is 0. The Labute approximate surface area is 440 Å². The molecule has 0 saturated heterocycles. The normalized spacial score (nSPS) is 12.4. The first kappa shape index (κ1) is 68.1. The molecule has 0 aromatic heterocycles. The lowest BCUT2D eigenvalue weighted by atomic mass is 10.0. The third kappa shape index (κ3) is 57.9. The van der Waals surface area contributed by atoms with E-state index in [0.717, 1.165) is 89.9 Å². The van der Waals surface area contributed by atoms with Crippen LogP contribution in [0, 0.1) is 0 Å². The molecule has 0 spiro atoms. The molecule has 0 heterocycles. The van der Waals surface area contributed by atoms with Crippen LogP contribution in [0.15, 0.2) is 60.8 Å². The molecule has 0 aromatic rings. The fourth-order valence-electron chi connectivity index (χ4n) is 8.94. The minimum absolute atomic E-state index is 0.0681. The van der Waals surface area contributed by atoms with E-state index in [9.17, 15) is 14.4 Å². The zero-order chi connectivity index (χ0) is 51.4. The highest BCUT2D eigenvalue weighted by atomic mass is 16.6. The van der Waals surface area contributed by atoms with E-state index in [1.807, 2.05) is 0 Å². The van der Waals surface area contributed by atoms with Gasteiger partial charge in [-0.25, -0.2) is 0 Å². The van der Waals surface area contributed by atoms with Crippen molar-refractivity contribution in [2.75, 3.05) is 13.2 Å². The fourth-order valence-corrected chi connectivity index (χ4v) is 8.94. The first-order valence-electron chi connectivity index (χ1n) is 30.8. The van der Waals surface area contributed by atoms with Gasteiger partial charge in [0.05, 0.1) is 0 Å². The summed E-state index contributed by atoms with van der Waals surface area (Å²) in [4.78, 5) is 37.9. The number of hydrogen-bond donors (Lipinski definition) is 0. The molecule has 0 aliphatic heterocycles. The summed E-state index contributed by atoms with van der Waals surface area (Å²) < 4.78 is 16.8. The van der Waals surface area contributed by atoms with Crippen LogP contribution < -0.4 is 0 Å². The zero-order valence-electron chi connectivity index (χ0n) is 47.2. The fraction of sp³-hybridized carbons (Fsp3) is 0.800. The molecule has 1 unspecified atom stereocenters. The maximum atomic E-state index is 12.8. The summed E-state index contributed by atoms with van der Waals surface area (Å²) in [5.74, 6) is -0.859. The highest BCUT2D eigenvalue weighted by Crippen LogP contribution is 2.17. The number of allylic oxidation sites excluding steroid dienone is 10. The Morgan fingerprint density at radius 1 is 0.296 bits per heavy atom. The minimum atomic E-state index is -0.765. The number of hydrogen-bond acceptors (Lipinski definition) is 6. The summed E-state index contributed by atoms with van der Waals surface area (Å²) in [5, 5.41) is 0. The van der Waals surface area contributed by atoms with Crippen molar-refractivity contribution in [1.29, 1.82) is 0 Å². The summed E-state index contributed by atoms with van der Waals surface area (Å²) in [6.45, 7) is 6.51. The van der Waals surface area contributed by atoms with Gasteiger partial charge >= 0.3 is 17.9 Å². The van der Waals surface area contributed by atoms with E-state index in [0.29, 0.717) is 19.3 Å². The van der Waals surface area contributed by atoms with Crippen molar-refractivity contribution in [2.24, 2.45) is 0 Å². The topological polar surface area (TPSA) is 78.9 Å². The second-order valence-corrected chi connectivity index (χ2v) is 20.6. The molecule has 0 radical (unpaired) electrons. The van der Waals surface area contributed by atoms with Crippen LogP contribution >= 0.6 is 0 Å². The second-order valence-electron chi connectivity index (χ2n) is 20.6. The van der Waals surface area contributed by atoms with E-state index in [-0.39, 0.29) is 31.1 Å². The molecule has 0 aliphatic carbocycles. The number of rotatable bonds is 56. The van der Waals surface area contributed by atoms with Gasteiger partial charge in [-0.1, -0.05) is 293 Å². The summed E-state index contributed by atoms with van der Waals surface area (Å²) in [6, 6.07) is 0. The van der Waals surface area contributed by atoms with Crippen LogP contribution in [0.4, 0.5) is 0 Å². The van der Waals surface area contributed by atoms with E-state index in [2.05, 4.69) is 81.5 Å². The maximum Gasteiger partial charge on any atom is 0.306 e. The molecule has 6 nitrogen and oxygen atoms in total. The molecule has 0 bridgehead atoms. The third-order valence-electron chi connectivity index (χ3n) is 13.5. The third-order valence-corrected chi connectivity index (χ3v) is 13.5. The van der Waals surface area contributed by atoms with Crippen molar-refractivity contribution in [2.45, 2.75) is 322 Å². The van der Waals surface area contributed by atoms with E-state index < -0.39 is 6.10 Å². The molecule has 1 atom stereocenters. The quantitative estimate of drug-likeness (QED) is 0.0261. The van der Waals surface area contributed by atoms with Crippen LogP contribution in [-0.4, -0.2) is 37.2 Å². The second kappa shape index (κ2) is 59.7. The highest BCUT2D eigenvalue weighted by molar-refractivity contribution is 5.71. The monoisotopic (exact) mass is 993 g/mol. The van der Waals surface area contributed by atoms with Crippen LogP contribution in [-0.2, 0) is 28.6 Å². The smallest absolute Gasteiger partial charge is 0.306 e. The van der Waals surface area contributed by atoms with Gasteiger partial charge in [0.2, 0.25) is 0 Å². The van der Waals surface area contributed by atoms with E-state index in [1.54, 1.807) is 0 Å². The van der Waals surface area contributed by atoms with Gasteiger partial charge in [0.15, 0.2) is 6.10 Å². The van der Waals surface area contributed by atoms with Gasteiger partial charge in [-0.05, 0) is 64.2 Å². The van der Waals surface area contributed by atoms with Crippen molar-refractivity contribution in [1.82, 2.24) is 0 Å².